The smallest absolute Gasteiger partial charge is 0.161 e. The Kier molecular flexibility index (Phi) is 4.25. The number of benzene rings is 1. The highest BCUT2D eigenvalue weighted by Crippen LogP contribution is 2.20. The van der Waals surface area contributed by atoms with E-state index in [0.717, 1.165) is 9.13 Å². The quantitative estimate of drug-likeness (QED) is 0.623. The summed E-state index contributed by atoms with van der Waals surface area (Å²) >= 11 is 2.26. The molecule has 0 radical (unpaired) electrons. The zero-order valence-electron chi connectivity index (χ0n) is 9.93. The van der Waals surface area contributed by atoms with Gasteiger partial charge in [-0.2, -0.15) is 0 Å². The van der Waals surface area contributed by atoms with Crippen LogP contribution in [0.15, 0.2) is 48.7 Å². The van der Waals surface area contributed by atoms with Crippen LogP contribution in [-0.4, -0.2) is 10.8 Å². The van der Waals surface area contributed by atoms with Crippen molar-refractivity contribution in [2.45, 2.75) is 6.92 Å². The molecule has 0 amide bonds. The topological polar surface area (TPSA) is 30.0 Å². The molecule has 90 valence electrons. The second-order valence-corrected chi connectivity index (χ2v) is 5.01. The number of allylic oxidation sites excluding steroid dienone is 1. The molecule has 0 aliphatic carbocycles. The van der Waals surface area contributed by atoms with E-state index in [4.69, 9.17) is 0 Å². The second kappa shape index (κ2) is 5.91. The maximum absolute atomic E-state index is 11.7. The first-order valence-corrected chi connectivity index (χ1v) is 6.65. The summed E-state index contributed by atoms with van der Waals surface area (Å²) in [5.41, 5.74) is 2.39. The van der Waals surface area contributed by atoms with E-state index in [1.165, 1.54) is 0 Å². The van der Waals surface area contributed by atoms with Crippen LogP contribution in [0.2, 0.25) is 0 Å². The van der Waals surface area contributed by atoms with Gasteiger partial charge in [0.2, 0.25) is 0 Å². The molecule has 0 fully saturated rings. The predicted octanol–water partition coefficient (Wildman–Crippen LogP) is 3.82. The molecule has 0 saturated carbocycles. The summed E-state index contributed by atoms with van der Waals surface area (Å²) in [5, 5.41) is 0. The fourth-order valence-corrected chi connectivity index (χ4v) is 2.17. The second-order valence-electron chi connectivity index (χ2n) is 3.85. The van der Waals surface area contributed by atoms with Crippen LogP contribution in [0.25, 0.3) is 11.6 Å². The Hall–Kier alpha value is -1.49. The largest absolute Gasteiger partial charge is 0.294 e. The molecule has 0 aliphatic heterocycles. The van der Waals surface area contributed by atoms with Crippen molar-refractivity contribution < 1.29 is 4.79 Å². The molecule has 18 heavy (non-hydrogen) atoms. The number of ketones is 1. The Bertz CT molecular complexity index is 590. The van der Waals surface area contributed by atoms with Crippen molar-refractivity contribution in [3.63, 3.8) is 0 Å². The molecule has 0 N–H and O–H groups in total. The van der Waals surface area contributed by atoms with E-state index in [2.05, 4.69) is 27.6 Å². The first-order valence-electron chi connectivity index (χ1n) is 5.57. The Morgan fingerprint density at radius 2 is 1.89 bits per heavy atom. The fraction of sp³-hybridized carbons (Fsp3) is 0.0667. The van der Waals surface area contributed by atoms with Gasteiger partial charge in [0.25, 0.3) is 0 Å². The molecule has 0 atom stereocenters. The molecule has 3 heteroatoms. The number of hydrogen-bond acceptors (Lipinski definition) is 2. The van der Waals surface area contributed by atoms with Crippen LogP contribution in [0.5, 0.6) is 0 Å². The summed E-state index contributed by atoms with van der Waals surface area (Å²) in [4.78, 5) is 16.0. The third-order valence-corrected chi connectivity index (χ3v) is 3.51. The molecule has 1 aromatic heterocycles. The van der Waals surface area contributed by atoms with Crippen LogP contribution in [0.1, 0.15) is 18.2 Å². The molecule has 1 heterocycles. The molecule has 2 aromatic rings. The molecule has 0 saturated heterocycles. The normalized spacial score (nSPS) is 11.3. The number of pyridine rings is 1. The number of hydrogen-bond donors (Lipinski definition) is 0. The van der Waals surface area contributed by atoms with Crippen LogP contribution in [0, 0.1) is 3.57 Å². The van der Waals surface area contributed by atoms with Crippen LogP contribution in [-0.2, 0) is 4.79 Å². The van der Waals surface area contributed by atoms with E-state index in [0.29, 0.717) is 11.3 Å². The summed E-state index contributed by atoms with van der Waals surface area (Å²) in [5.74, 6) is 0.0216. The number of carbonyl (C=O) groups is 1. The minimum absolute atomic E-state index is 0.0216. The van der Waals surface area contributed by atoms with Crippen molar-refractivity contribution >= 4 is 40.0 Å². The molecular formula is C15H12INO. The van der Waals surface area contributed by atoms with Gasteiger partial charge < -0.3 is 0 Å². The van der Waals surface area contributed by atoms with Gasteiger partial charge in [0.1, 0.15) is 0 Å². The zero-order chi connectivity index (χ0) is 13.0. The average Bonchev–Trinajstić information content (AvgIpc) is 2.38. The molecule has 0 unspecified atom stereocenters. The molecule has 2 rings (SSSR count). The van der Waals surface area contributed by atoms with Gasteiger partial charge in [-0.05, 0) is 59.4 Å². The van der Waals surface area contributed by atoms with Crippen LogP contribution in [0.3, 0.4) is 0 Å². The highest BCUT2D eigenvalue weighted by Gasteiger charge is 2.09. The van der Waals surface area contributed by atoms with Crippen LogP contribution in [0.4, 0.5) is 0 Å². The third-order valence-electron chi connectivity index (χ3n) is 2.53. The van der Waals surface area contributed by atoms with E-state index in [1.54, 1.807) is 13.1 Å². The van der Waals surface area contributed by atoms with E-state index in [9.17, 15) is 4.79 Å². The molecule has 0 bridgehead atoms. The van der Waals surface area contributed by atoms with Gasteiger partial charge >= 0.3 is 0 Å². The number of halogens is 1. The lowest BCUT2D eigenvalue weighted by molar-refractivity contribution is -0.111. The van der Waals surface area contributed by atoms with Crippen LogP contribution >= 0.6 is 22.6 Å². The fourth-order valence-electron chi connectivity index (χ4n) is 1.63. The maximum atomic E-state index is 11.7. The third kappa shape index (κ3) is 3.04. The molecule has 2 nitrogen and oxygen atoms in total. The van der Waals surface area contributed by atoms with Crippen LogP contribution < -0.4 is 0 Å². The Morgan fingerprint density at radius 1 is 1.17 bits per heavy atom. The van der Waals surface area contributed by atoms with E-state index >= 15 is 0 Å². The van der Waals surface area contributed by atoms with E-state index < -0.39 is 0 Å². The predicted molar refractivity (Wildman–Crippen MR) is 81.9 cm³/mol. The highest BCUT2D eigenvalue weighted by molar-refractivity contribution is 14.1. The Balaban J connectivity index is 2.50. The van der Waals surface area contributed by atoms with Gasteiger partial charge in [-0.15, -0.1) is 0 Å². The first kappa shape index (κ1) is 13.0. The first-order chi connectivity index (χ1) is 8.68. The lowest BCUT2D eigenvalue weighted by atomic mass is 10.0. The zero-order valence-corrected chi connectivity index (χ0v) is 12.1. The monoisotopic (exact) mass is 349 g/mol. The molecule has 0 aliphatic rings. The van der Waals surface area contributed by atoms with Gasteiger partial charge in [-0.25, -0.2) is 0 Å². The van der Waals surface area contributed by atoms with Gasteiger partial charge in [0.15, 0.2) is 5.78 Å². The van der Waals surface area contributed by atoms with Crippen molar-refractivity contribution in [3.8, 4) is 0 Å². The number of Topliss-reactive ketones (excluding diaryl/α,β-unsaturated/α-hetero) is 1. The lowest BCUT2D eigenvalue weighted by Gasteiger charge is -2.04. The van der Waals surface area contributed by atoms with Crippen molar-refractivity contribution in [2.24, 2.45) is 0 Å². The van der Waals surface area contributed by atoms with Crippen molar-refractivity contribution in [3.05, 3.63) is 63.5 Å². The van der Waals surface area contributed by atoms with Gasteiger partial charge in [-0.1, -0.05) is 24.3 Å². The SMILES string of the molecule is CC(=O)/C(=C/c1ccccc1I)c1ccccn1. The van der Waals surface area contributed by atoms with Gasteiger partial charge in [-0.3, -0.25) is 9.78 Å². The van der Waals surface area contributed by atoms with Gasteiger partial charge in [0.05, 0.1) is 5.69 Å². The van der Waals surface area contributed by atoms with E-state index in [-0.39, 0.29) is 5.78 Å². The maximum Gasteiger partial charge on any atom is 0.161 e. The Morgan fingerprint density at radius 3 is 2.50 bits per heavy atom. The summed E-state index contributed by atoms with van der Waals surface area (Å²) in [7, 11) is 0. The summed E-state index contributed by atoms with van der Waals surface area (Å²) in [6.07, 6.45) is 3.59. The molecular weight excluding hydrogens is 337 g/mol. The Labute approximate surface area is 120 Å². The minimum Gasteiger partial charge on any atom is -0.294 e. The van der Waals surface area contributed by atoms with E-state index in [1.807, 2.05) is 48.5 Å². The summed E-state index contributed by atoms with van der Waals surface area (Å²) in [6, 6.07) is 13.5. The summed E-state index contributed by atoms with van der Waals surface area (Å²) in [6.45, 7) is 1.57. The highest BCUT2D eigenvalue weighted by atomic mass is 127. The van der Waals surface area contributed by atoms with Gasteiger partial charge in [0, 0.05) is 15.3 Å². The average molecular weight is 349 g/mol. The van der Waals surface area contributed by atoms with Crippen molar-refractivity contribution in [1.29, 1.82) is 0 Å². The number of rotatable bonds is 3. The molecule has 1 aromatic carbocycles. The van der Waals surface area contributed by atoms with Crippen molar-refractivity contribution in [2.75, 3.05) is 0 Å². The lowest BCUT2D eigenvalue weighted by Crippen LogP contribution is -1.98. The number of carbonyl (C=O) groups excluding carboxylic acids is 1. The molecule has 0 spiro atoms. The standard InChI is InChI=1S/C15H12INO/c1-11(18)13(15-8-4-5-9-17-15)10-12-6-2-3-7-14(12)16/h2-10H,1H3/b13-10-. The summed E-state index contributed by atoms with van der Waals surface area (Å²) < 4.78 is 1.12. The number of aromatic nitrogens is 1. The number of nitrogens with zero attached hydrogens (tertiary/aromatic N) is 1. The van der Waals surface area contributed by atoms with Crippen molar-refractivity contribution in [1.82, 2.24) is 4.98 Å². The minimum atomic E-state index is 0.0216.